The van der Waals surface area contributed by atoms with Crippen LogP contribution in [-0.4, -0.2) is 16.5 Å². The van der Waals surface area contributed by atoms with Gasteiger partial charge in [-0.25, -0.2) is 0 Å². The van der Waals surface area contributed by atoms with E-state index in [-0.39, 0.29) is 17.1 Å². The maximum Gasteiger partial charge on any atom is 0.164 e. The van der Waals surface area contributed by atoms with Crippen molar-refractivity contribution in [2.24, 2.45) is 22.7 Å². The predicted molar refractivity (Wildman–Crippen MR) is 61.9 cm³/mol. The molecule has 0 saturated heterocycles. The van der Waals surface area contributed by atoms with Crippen molar-refractivity contribution < 1.29 is 9.90 Å². The van der Waals surface area contributed by atoms with E-state index in [0.717, 1.165) is 12.8 Å². The second-order valence-electron chi connectivity index (χ2n) is 7.29. The summed E-state index contributed by atoms with van der Waals surface area (Å²) in [7, 11) is 0. The summed E-state index contributed by atoms with van der Waals surface area (Å²) in [6, 6.07) is 0. The molecule has 0 heterocycles. The summed E-state index contributed by atoms with van der Waals surface area (Å²) in [4.78, 5) is 12.0. The van der Waals surface area contributed by atoms with E-state index in [9.17, 15) is 9.90 Å². The highest BCUT2D eigenvalue weighted by atomic mass is 16.3. The first kappa shape index (κ1) is 10.8. The van der Waals surface area contributed by atoms with Crippen LogP contribution in [0.25, 0.3) is 0 Å². The van der Waals surface area contributed by atoms with Crippen molar-refractivity contribution in [3.8, 4) is 0 Å². The highest BCUT2D eigenvalue weighted by Gasteiger charge is 2.68. The summed E-state index contributed by atoms with van der Waals surface area (Å²) >= 11 is 0. The second-order valence-corrected chi connectivity index (χ2v) is 7.29. The van der Waals surface area contributed by atoms with Gasteiger partial charge in [-0.05, 0) is 42.4 Å². The highest BCUT2D eigenvalue weighted by molar-refractivity contribution is 5.89. The molecule has 90 valence electrons. The molecule has 0 aliphatic heterocycles. The van der Waals surface area contributed by atoms with Crippen molar-refractivity contribution in [1.29, 1.82) is 0 Å². The number of carbonyl (C=O) groups excluding carboxylic acids is 1. The number of rotatable bonds is 0. The van der Waals surface area contributed by atoms with Gasteiger partial charge in [-0.2, -0.15) is 0 Å². The lowest BCUT2D eigenvalue weighted by molar-refractivity contribution is -0.152. The molecule has 0 amide bonds. The van der Waals surface area contributed by atoms with Crippen LogP contribution in [0.4, 0.5) is 0 Å². The molecule has 16 heavy (non-hydrogen) atoms. The largest absolute Gasteiger partial charge is 0.382 e. The van der Waals surface area contributed by atoms with Crippen LogP contribution in [-0.2, 0) is 4.79 Å². The van der Waals surface area contributed by atoms with E-state index < -0.39 is 5.60 Å². The molecular weight excluding hydrogens is 200 g/mol. The van der Waals surface area contributed by atoms with Crippen molar-refractivity contribution in [3.05, 3.63) is 0 Å². The minimum Gasteiger partial charge on any atom is -0.382 e. The molecule has 0 aromatic heterocycles. The van der Waals surface area contributed by atoms with Gasteiger partial charge in [-0.3, -0.25) is 4.79 Å². The lowest BCUT2D eigenvalue weighted by Crippen LogP contribution is -2.51. The molecular formula is C14H22O2. The predicted octanol–water partition coefficient (Wildman–Crippen LogP) is 2.54. The second kappa shape index (κ2) is 2.72. The summed E-state index contributed by atoms with van der Waals surface area (Å²) < 4.78 is 0. The quantitative estimate of drug-likeness (QED) is 0.684. The third-order valence-electron chi connectivity index (χ3n) is 5.77. The van der Waals surface area contributed by atoms with Crippen LogP contribution in [0.3, 0.4) is 0 Å². The van der Waals surface area contributed by atoms with Crippen LogP contribution in [0.1, 0.15) is 52.9 Å². The molecule has 0 spiro atoms. The molecule has 3 aliphatic rings. The van der Waals surface area contributed by atoms with Gasteiger partial charge in [0.05, 0.1) is 0 Å². The van der Waals surface area contributed by atoms with Crippen LogP contribution in [0.5, 0.6) is 0 Å². The Morgan fingerprint density at radius 2 is 1.94 bits per heavy atom. The summed E-state index contributed by atoms with van der Waals surface area (Å²) in [5.74, 6) is 0.897. The van der Waals surface area contributed by atoms with Crippen LogP contribution >= 0.6 is 0 Å². The Bertz CT molecular complexity index is 360. The van der Waals surface area contributed by atoms with E-state index in [1.54, 1.807) is 0 Å². The standard InChI is InChI=1S/C14H22O2/c1-12(2)8-13(3)6-7-14(16)10(15)5-4-9(12)11(13)14/h9,11,16H,4-8H2,1-3H3/t9-,11+,13-,14-/m0/s1. The fraction of sp³-hybridized carbons (Fsp3) is 0.929. The molecule has 0 aromatic rings. The average molecular weight is 222 g/mol. The summed E-state index contributed by atoms with van der Waals surface area (Å²) in [6.45, 7) is 6.92. The topological polar surface area (TPSA) is 37.3 Å². The molecule has 4 atom stereocenters. The first-order valence-electron chi connectivity index (χ1n) is 6.55. The van der Waals surface area contributed by atoms with E-state index >= 15 is 0 Å². The normalized spacial score (nSPS) is 54.1. The molecule has 3 aliphatic carbocycles. The summed E-state index contributed by atoms with van der Waals surface area (Å²) in [6.07, 6.45) is 4.50. The van der Waals surface area contributed by atoms with Crippen molar-refractivity contribution in [2.45, 2.75) is 58.5 Å². The average Bonchev–Trinajstić information content (AvgIpc) is 2.53. The van der Waals surface area contributed by atoms with Gasteiger partial charge in [0.15, 0.2) is 5.78 Å². The van der Waals surface area contributed by atoms with Gasteiger partial charge in [0.1, 0.15) is 5.60 Å². The lowest BCUT2D eigenvalue weighted by atomic mass is 9.64. The van der Waals surface area contributed by atoms with Crippen molar-refractivity contribution in [2.75, 3.05) is 0 Å². The maximum atomic E-state index is 12.0. The zero-order valence-electron chi connectivity index (χ0n) is 10.5. The van der Waals surface area contributed by atoms with E-state index in [2.05, 4.69) is 20.8 Å². The van der Waals surface area contributed by atoms with Crippen LogP contribution in [0, 0.1) is 22.7 Å². The van der Waals surface area contributed by atoms with E-state index in [1.165, 1.54) is 6.42 Å². The Balaban J connectivity index is 2.10. The Kier molecular flexibility index (Phi) is 1.83. The SMILES string of the molecule is CC1(C)C[C@]2(C)CC[C@]3(O)C(=O)CC[C@H]1[C@H]23. The molecule has 2 nitrogen and oxygen atoms in total. The van der Waals surface area contributed by atoms with Gasteiger partial charge in [-0.15, -0.1) is 0 Å². The summed E-state index contributed by atoms with van der Waals surface area (Å²) in [5.41, 5.74) is -0.459. The Morgan fingerprint density at radius 1 is 1.25 bits per heavy atom. The van der Waals surface area contributed by atoms with Gasteiger partial charge >= 0.3 is 0 Å². The fourth-order valence-electron chi connectivity index (χ4n) is 5.38. The van der Waals surface area contributed by atoms with Crippen LogP contribution in [0.15, 0.2) is 0 Å². The monoisotopic (exact) mass is 222 g/mol. The van der Waals surface area contributed by atoms with Gasteiger partial charge in [-0.1, -0.05) is 20.8 Å². The number of hydrogen-bond donors (Lipinski definition) is 1. The maximum absolute atomic E-state index is 12.0. The number of ketones is 1. The van der Waals surface area contributed by atoms with Crippen LogP contribution < -0.4 is 0 Å². The van der Waals surface area contributed by atoms with E-state index in [1.807, 2.05) is 0 Å². The summed E-state index contributed by atoms with van der Waals surface area (Å²) in [5, 5.41) is 10.7. The molecule has 3 rings (SSSR count). The number of carbonyl (C=O) groups is 1. The van der Waals surface area contributed by atoms with Crippen LogP contribution in [0.2, 0.25) is 0 Å². The Morgan fingerprint density at radius 3 is 2.62 bits per heavy atom. The van der Waals surface area contributed by atoms with Gasteiger partial charge in [0.2, 0.25) is 0 Å². The number of Topliss-reactive ketones (excluding diaryl/α,β-unsaturated/α-hetero) is 1. The van der Waals surface area contributed by atoms with Crippen molar-refractivity contribution in [1.82, 2.24) is 0 Å². The van der Waals surface area contributed by atoms with Gasteiger partial charge in [0.25, 0.3) is 0 Å². The molecule has 0 bridgehead atoms. The molecule has 3 fully saturated rings. The number of hydrogen-bond acceptors (Lipinski definition) is 2. The first-order chi connectivity index (χ1) is 7.30. The molecule has 0 radical (unpaired) electrons. The van der Waals surface area contributed by atoms with Crippen molar-refractivity contribution in [3.63, 3.8) is 0 Å². The molecule has 3 saturated carbocycles. The highest BCUT2D eigenvalue weighted by Crippen LogP contribution is 2.69. The lowest BCUT2D eigenvalue weighted by Gasteiger charge is -2.42. The molecule has 1 N–H and O–H groups in total. The molecule has 0 unspecified atom stereocenters. The minimum atomic E-state index is -0.967. The molecule has 2 heteroatoms. The van der Waals surface area contributed by atoms with E-state index in [0.29, 0.717) is 24.2 Å². The minimum absolute atomic E-state index is 0.121. The van der Waals surface area contributed by atoms with Gasteiger partial charge in [0, 0.05) is 12.3 Å². The zero-order valence-corrected chi connectivity index (χ0v) is 10.5. The van der Waals surface area contributed by atoms with E-state index in [4.69, 9.17) is 0 Å². The third-order valence-corrected chi connectivity index (χ3v) is 5.77. The number of aliphatic hydroxyl groups is 1. The smallest absolute Gasteiger partial charge is 0.164 e. The molecule has 0 aromatic carbocycles. The zero-order chi connectivity index (χ0) is 11.8. The Hall–Kier alpha value is -0.370. The fourth-order valence-corrected chi connectivity index (χ4v) is 5.38. The third kappa shape index (κ3) is 1.04. The van der Waals surface area contributed by atoms with Gasteiger partial charge < -0.3 is 5.11 Å². The first-order valence-corrected chi connectivity index (χ1v) is 6.55. The Labute approximate surface area is 97.4 Å². The van der Waals surface area contributed by atoms with Crippen molar-refractivity contribution >= 4 is 5.78 Å².